The number of nitrogens with two attached hydrogens (primary N) is 1. The number of carbonyl (C=O) groups excluding carboxylic acids is 1. The zero-order valence-electron chi connectivity index (χ0n) is 7.75. The van der Waals surface area contributed by atoms with Crippen LogP contribution in [0.1, 0.15) is 32.6 Å². The van der Waals surface area contributed by atoms with Crippen molar-refractivity contribution in [1.29, 1.82) is 0 Å². The lowest BCUT2D eigenvalue weighted by atomic mass is 10.0. The molecule has 0 aromatic heterocycles. The zero-order valence-corrected chi connectivity index (χ0v) is 7.75. The van der Waals surface area contributed by atoms with Crippen LogP contribution < -0.4 is 5.73 Å². The standard InChI is InChI=1S/C9H18N2O/c1-2-6-11-7-4-3-5-8(11)9(10)12/h8H,2-7H2,1H3,(H2,10,12)/t8-/m1/s1. The van der Waals surface area contributed by atoms with Crippen molar-refractivity contribution in [3.8, 4) is 0 Å². The highest BCUT2D eigenvalue weighted by molar-refractivity contribution is 5.79. The zero-order chi connectivity index (χ0) is 8.97. The number of nitrogens with zero attached hydrogens (tertiary/aromatic N) is 1. The van der Waals surface area contributed by atoms with E-state index in [4.69, 9.17) is 5.73 Å². The first kappa shape index (κ1) is 9.52. The van der Waals surface area contributed by atoms with Gasteiger partial charge in [0.15, 0.2) is 0 Å². The Labute approximate surface area is 73.9 Å². The molecule has 1 rings (SSSR count). The van der Waals surface area contributed by atoms with Gasteiger partial charge < -0.3 is 5.73 Å². The molecule has 0 unspecified atom stereocenters. The van der Waals surface area contributed by atoms with E-state index in [2.05, 4.69) is 11.8 Å². The Morgan fingerprint density at radius 1 is 1.58 bits per heavy atom. The normalized spacial score (nSPS) is 25.6. The summed E-state index contributed by atoms with van der Waals surface area (Å²) in [6, 6.07) is 0.0127. The summed E-state index contributed by atoms with van der Waals surface area (Å²) in [5.74, 6) is -0.150. The topological polar surface area (TPSA) is 46.3 Å². The van der Waals surface area contributed by atoms with E-state index < -0.39 is 0 Å². The molecule has 0 aliphatic carbocycles. The first-order valence-electron chi connectivity index (χ1n) is 4.79. The second kappa shape index (κ2) is 4.45. The van der Waals surface area contributed by atoms with Crippen molar-refractivity contribution in [3.63, 3.8) is 0 Å². The molecule has 3 nitrogen and oxygen atoms in total. The number of piperidine rings is 1. The van der Waals surface area contributed by atoms with Crippen LogP contribution in [0.25, 0.3) is 0 Å². The van der Waals surface area contributed by atoms with E-state index in [0.717, 1.165) is 32.4 Å². The van der Waals surface area contributed by atoms with Gasteiger partial charge in [-0.25, -0.2) is 0 Å². The minimum atomic E-state index is -0.150. The van der Waals surface area contributed by atoms with Gasteiger partial charge in [-0.05, 0) is 32.4 Å². The molecule has 0 bridgehead atoms. The van der Waals surface area contributed by atoms with Crippen molar-refractivity contribution in [2.75, 3.05) is 13.1 Å². The van der Waals surface area contributed by atoms with Gasteiger partial charge in [-0.2, -0.15) is 0 Å². The average Bonchev–Trinajstić information content (AvgIpc) is 2.05. The predicted octanol–water partition coefficient (Wildman–Crippen LogP) is 0.736. The first-order chi connectivity index (χ1) is 5.75. The van der Waals surface area contributed by atoms with E-state index >= 15 is 0 Å². The molecule has 1 aliphatic heterocycles. The molecule has 1 heterocycles. The summed E-state index contributed by atoms with van der Waals surface area (Å²) in [6.45, 7) is 4.18. The van der Waals surface area contributed by atoms with Crippen molar-refractivity contribution in [1.82, 2.24) is 4.90 Å². The number of carbonyl (C=O) groups is 1. The van der Waals surface area contributed by atoms with E-state index in [1.807, 2.05) is 0 Å². The molecule has 12 heavy (non-hydrogen) atoms. The predicted molar refractivity (Wildman–Crippen MR) is 48.7 cm³/mol. The summed E-state index contributed by atoms with van der Waals surface area (Å²) in [7, 11) is 0. The van der Waals surface area contributed by atoms with Gasteiger partial charge in [0.25, 0.3) is 0 Å². The Kier molecular flexibility index (Phi) is 3.53. The lowest BCUT2D eigenvalue weighted by molar-refractivity contribution is -0.124. The van der Waals surface area contributed by atoms with Crippen LogP contribution in [0.3, 0.4) is 0 Å². The molecule has 0 aromatic carbocycles. The Bertz CT molecular complexity index is 157. The van der Waals surface area contributed by atoms with Gasteiger partial charge in [0.2, 0.25) is 5.91 Å². The average molecular weight is 170 g/mol. The van der Waals surface area contributed by atoms with E-state index in [9.17, 15) is 4.79 Å². The summed E-state index contributed by atoms with van der Waals surface area (Å²) >= 11 is 0. The van der Waals surface area contributed by atoms with Crippen LogP contribution in [-0.2, 0) is 4.79 Å². The fourth-order valence-electron chi connectivity index (χ4n) is 1.87. The van der Waals surface area contributed by atoms with Gasteiger partial charge in [0.05, 0.1) is 6.04 Å². The molecule has 1 saturated heterocycles. The Morgan fingerprint density at radius 2 is 2.33 bits per heavy atom. The van der Waals surface area contributed by atoms with Gasteiger partial charge in [0, 0.05) is 0 Å². The van der Waals surface area contributed by atoms with Gasteiger partial charge in [-0.3, -0.25) is 9.69 Å². The molecule has 2 N–H and O–H groups in total. The number of likely N-dealkylation sites (tertiary alicyclic amines) is 1. The Balaban J connectivity index is 2.48. The lowest BCUT2D eigenvalue weighted by Gasteiger charge is -2.33. The minimum Gasteiger partial charge on any atom is -0.368 e. The van der Waals surface area contributed by atoms with E-state index in [-0.39, 0.29) is 11.9 Å². The van der Waals surface area contributed by atoms with E-state index in [0.29, 0.717) is 0 Å². The van der Waals surface area contributed by atoms with Crippen molar-refractivity contribution in [2.24, 2.45) is 5.73 Å². The monoisotopic (exact) mass is 170 g/mol. The quantitative estimate of drug-likeness (QED) is 0.679. The van der Waals surface area contributed by atoms with Crippen molar-refractivity contribution >= 4 is 5.91 Å². The first-order valence-corrected chi connectivity index (χ1v) is 4.79. The number of amides is 1. The molecule has 1 atom stereocenters. The van der Waals surface area contributed by atoms with E-state index in [1.165, 1.54) is 6.42 Å². The molecule has 70 valence electrons. The minimum absolute atomic E-state index is 0.0127. The number of hydrogen-bond acceptors (Lipinski definition) is 2. The maximum atomic E-state index is 11.0. The van der Waals surface area contributed by atoms with Crippen LogP contribution in [-0.4, -0.2) is 29.9 Å². The highest BCUT2D eigenvalue weighted by atomic mass is 16.1. The highest BCUT2D eigenvalue weighted by Gasteiger charge is 2.25. The summed E-state index contributed by atoms with van der Waals surface area (Å²) in [4.78, 5) is 13.2. The number of hydrogen-bond donors (Lipinski definition) is 1. The van der Waals surface area contributed by atoms with Crippen LogP contribution in [0.5, 0.6) is 0 Å². The summed E-state index contributed by atoms with van der Waals surface area (Å²) < 4.78 is 0. The molecule has 1 aliphatic rings. The SMILES string of the molecule is CCCN1CCCC[C@@H]1C(N)=O. The summed E-state index contributed by atoms with van der Waals surface area (Å²) in [5.41, 5.74) is 5.31. The molecule has 1 amide bonds. The highest BCUT2D eigenvalue weighted by Crippen LogP contribution is 2.16. The third kappa shape index (κ3) is 2.21. The molecule has 0 saturated carbocycles. The van der Waals surface area contributed by atoms with Gasteiger partial charge in [0.1, 0.15) is 0 Å². The molecule has 3 heteroatoms. The van der Waals surface area contributed by atoms with Gasteiger partial charge in [-0.1, -0.05) is 13.3 Å². The van der Waals surface area contributed by atoms with Crippen molar-refractivity contribution < 1.29 is 4.79 Å². The number of rotatable bonds is 3. The van der Waals surface area contributed by atoms with Gasteiger partial charge in [-0.15, -0.1) is 0 Å². The third-order valence-corrected chi connectivity index (χ3v) is 2.45. The third-order valence-electron chi connectivity index (χ3n) is 2.45. The molecular formula is C9H18N2O. The van der Waals surface area contributed by atoms with Crippen molar-refractivity contribution in [2.45, 2.75) is 38.6 Å². The van der Waals surface area contributed by atoms with Gasteiger partial charge >= 0.3 is 0 Å². The summed E-state index contributed by atoms with van der Waals surface area (Å²) in [5, 5.41) is 0. The Hall–Kier alpha value is -0.570. The Morgan fingerprint density at radius 3 is 2.92 bits per heavy atom. The van der Waals surface area contributed by atoms with Crippen LogP contribution in [0, 0.1) is 0 Å². The second-order valence-corrected chi connectivity index (χ2v) is 3.45. The van der Waals surface area contributed by atoms with Crippen molar-refractivity contribution in [3.05, 3.63) is 0 Å². The summed E-state index contributed by atoms with van der Waals surface area (Å²) in [6.07, 6.45) is 4.41. The molecule has 0 radical (unpaired) electrons. The number of primary amides is 1. The van der Waals surface area contributed by atoms with E-state index in [1.54, 1.807) is 0 Å². The molecule has 1 fully saturated rings. The smallest absolute Gasteiger partial charge is 0.234 e. The fourth-order valence-corrected chi connectivity index (χ4v) is 1.87. The lowest BCUT2D eigenvalue weighted by Crippen LogP contribution is -2.47. The molecular weight excluding hydrogens is 152 g/mol. The molecule has 0 aromatic rings. The maximum absolute atomic E-state index is 11.0. The van der Waals surface area contributed by atoms with Crippen LogP contribution in [0.15, 0.2) is 0 Å². The fraction of sp³-hybridized carbons (Fsp3) is 0.889. The van der Waals surface area contributed by atoms with Crippen LogP contribution >= 0.6 is 0 Å². The van der Waals surface area contributed by atoms with Crippen LogP contribution in [0.2, 0.25) is 0 Å². The largest absolute Gasteiger partial charge is 0.368 e. The second-order valence-electron chi connectivity index (χ2n) is 3.45. The molecule has 0 spiro atoms. The maximum Gasteiger partial charge on any atom is 0.234 e. The van der Waals surface area contributed by atoms with Crippen LogP contribution in [0.4, 0.5) is 0 Å².